The molecule has 0 radical (unpaired) electrons. The Bertz CT molecular complexity index is 1630. The van der Waals surface area contributed by atoms with Crippen molar-refractivity contribution in [3.63, 3.8) is 0 Å². The van der Waals surface area contributed by atoms with Crippen molar-refractivity contribution in [1.29, 1.82) is 0 Å². The Morgan fingerprint density at radius 2 is 1.83 bits per heavy atom. The molecular weight excluding hydrogens is 476 g/mol. The van der Waals surface area contributed by atoms with Crippen molar-refractivity contribution >= 4 is 40.2 Å². The number of ketones is 1. The lowest BCUT2D eigenvalue weighted by molar-refractivity contribution is -0.385. The predicted octanol–water partition coefficient (Wildman–Crippen LogP) is 5.42. The third kappa shape index (κ3) is 4.41. The number of nitrogens with zero attached hydrogens (tertiary/aromatic N) is 6. The third-order valence-corrected chi connectivity index (χ3v) is 6.64. The summed E-state index contributed by atoms with van der Waals surface area (Å²) >= 11 is 1.49. The molecule has 0 aliphatic heterocycles. The first-order valence-electron chi connectivity index (χ1n) is 11.0. The summed E-state index contributed by atoms with van der Waals surface area (Å²) in [6.07, 6.45) is 5.92. The predicted molar refractivity (Wildman–Crippen MR) is 137 cm³/mol. The average molecular weight is 497 g/mol. The van der Waals surface area contributed by atoms with Crippen LogP contribution < -0.4 is 0 Å². The Balaban J connectivity index is 1.61. The molecule has 0 atom stereocenters. The van der Waals surface area contributed by atoms with E-state index in [1.807, 2.05) is 72.3 Å². The quantitative estimate of drug-likeness (QED) is 0.128. The molecule has 2 aromatic carbocycles. The number of para-hydroxylation sites is 2. The summed E-state index contributed by atoms with van der Waals surface area (Å²) in [6, 6.07) is 19.6. The fraction of sp³-hybridized carbons (Fsp3) is 0.0769. The second-order valence-electron chi connectivity index (χ2n) is 7.98. The molecule has 0 bridgehead atoms. The van der Waals surface area contributed by atoms with E-state index >= 15 is 0 Å². The van der Waals surface area contributed by atoms with Gasteiger partial charge >= 0.3 is 5.69 Å². The van der Waals surface area contributed by atoms with E-state index in [1.165, 1.54) is 35.8 Å². The molecule has 5 rings (SSSR count). The first-order valence-corrected chi connectivity index (χ1v) is 11.8. The van der Waals surface area contributed by atoms with Crippen LogP contribution in [0.4, 0.5) is 5.69 Å². The van der Waals surface area contributed by atoms with Gasteiger partial charge in [-0.2, -0.15) is 10.2 Å². The molecule has 10 heteroatoms. The van der Waals surface area contributed by atoms with Gasteiger partial charge in [-0.25, -0.2) is 4.68 Å². The number of rotatable bonds is 7. The normalized spacial score (nSPS) is 11.4. The molecule has 3 aromatic heterocycles. The standard InChI is InChI=1S/C26H20N6O3S/c1-17-20(13-14-22(33)25-21(32(34)35)16-30(2)29-25)26(31(28-17)19-10-4-3-5-11-19)36-23-12-6-8-18-9-7-15-27-24(18)23/h3-16H,1-2H3/b14-13+. The van der Waals surface area contributed by atoms with Gasteiger partial charge in [0, 0.05) is 29.1 Å². The Morgan fingerprint density at radius 3 is 2.61 bits per heavy atom. The highest BCUT2D eigenvalue weighted by atomic mass is 32.2. The van der Waals surface area contributed by atoms with Crippen molar-refractivity contribution in [2.24, 2.45) is 7.05 Å². The number of carbonyl (C=O) groups is 1. The van der Waals surface area contributed by atoms with E-state index in [4.69, 9.17) is 5.10 Å². The molecule has 0 saturated carbocycles. The molecule has 0 fully saturated rings. The van der Waals surface area contributed by atoms with Gasteiger partial charge in [0.2, 0.25) is 11.5 Å². The topological polar surface area (TPSA) is 109 Å². The van der Waals surface area contributed by atoms with Crippen molar-refractivity contribution in [3.8, 4) is 5.69 Å². The fourth-order valence-corrected chi connectivity index (χ4v) is 5.02. The molecule has 0 amide bonds. The number of pyridine rings is 1. The fourth-order valence-electron chi connectivity index (χ4n) is 3.84. The zero-order valence-electron chi connectivity index (χ0n) is 19.4. The SMILES string of the molecule is Cc1nn(-c2ccccc2)c(Sc2cccc3cccnc23)c1/C=C/C(=O)c1nn(C)cc1[N+](=O)[O-]. The summed E-state index contributed by atoms with van der Waals surface area (Å²) in [7, 11) is 1.54. The molecule has 0 unspecified atom stereocenters. The molecule has 5 aromatic rings. The van der Waals surface area contributed by atoms with Crippen molar-refractivity contribution in [3.05, 3.63) is 106 Å². The number of nitro groups is 1. The van der Waals surface area contributed by atoms with Gasteiger partial charge in [-0.15, -0.1) is 0 Å². The van der Waals surface area contributed by atoms with Gasteiger partial charge in [-0.05, 0) is 43.3 Å². The van der Waals surface area contributed by atoms with Crippen LogP contribution in [0.25, 0.3) is 22.7 Å². The summed E-state index contributed by atoms with van der Waals surface area (Å²) in [5.74, 6) is -0.558. The second kappa shape index (κ2) is 9.59. The van der Waals surface area contributed by atoms with Crippen LogP contribution in [-0.4, -0.2) is 35.3 Å². The van der Waals surface area contributed by atoms with E-state index in [9.17, 15) is 14.9 Å². The maximum Gasteiger partial charge on any atom is 0.318 e. The summed E-state index contributed by atoms with van der Waals surface area (Å²) in [6.45, 7) is 1.86. The summed E-state index contributed by atoms with van der Waals surface area (Å²) < 4.78 is 3.09. The number of aromatic nitrogens is 5. The van der Waals surface area contributed by atoms with Crippen LogP contribution in [0.2, 0.25) is 0 Å². The molecule has 0 N–H and O–H groups in total. The highest BCUT2D eigenvalue weighted by Gasteiger charge is 2.24. The smallest absolute Gasteiger partial charge is 0.287 e. The van der Waals surface area contributed by atoms with Crippen LogP contribution in [-0.2, 0) is 7.05 Å². The number of allylic oxidation sites excluding steroid dienone is 1. The number of carbonyl (C=O) groups excluding carboxylic acids is 1. The van der Waals surface area contributed by atoms with Crippen LogP contribution >= 0.6 is 11.8 Å². The summed E-state index contributed by atoms with van der Waals surface area (Å²) in [4.78, 5) is 29.1. The minimum absolute atomic E-state index is 0.209. The highest BCUT2D eigenvalue weighted by Crippen LogP contribution is 2.37. The van der Waals surface area contributed by atoms with Gasteiger partial charge in [0.05, 0.1) is 21.8 Å². The van der Waals surface area contributed by atoms with Gasteiger partial charge in [0.15, 0.2) is 0 Å². The lowest BCUT2D eigenvalue weighted by atomic mass is 10.2. The lowest BCUT2D eigenvalue weighted by Gasteiger charge is -2.10. The van der Waals surface area contributed by atoms with E-state index in [1.54, 1.807) is 12.3 Å². The van der Waals surface area contributed by atoms with Gasteiger partial charge < -0.3 is 0 Å². The van der Waals surface area contributed by atoms with Gasteiger partial charge in [0.25, 0.3) is 0 Å². The minimum atomic E-state index is -0.610. The molecule has 0 aliphatic rings. The number of hydrogen-bond acceptors (Lipinski definition) is 7. The Morgan fingerprint density at radius 1 is 1.06 bits per heavy atom. The van der Waals surface area contributed by atoms with E-state index < -0.39 is 10.7 Å². The van der Waals surface area contributed by atoms with Gasteiger partial charge in [0.1, 0.15) is 11.2 Å². The van der Waals surface area contributed by atoms with Crippen molar-refractivity contribution < 1.29 is 9.72 Å². The van der Waals surface area contributed by atoms with Crippen LogP contribution in [0.3, 0.4) is 0 Å². The van der Waals surface area contributed by atoms with Crippen molar-refractivity contribution in [2.45, 2.75) is 16.8 Å². The zero-order chi connectivity index (χ0) is 25.2. The first-order chi connectivity index (χ1) is 17.4. The molecule has 3 heterocycles. The van der Waals surface area contributed by atoms with E-state index in [0.717, 1.165) is 32.1 Å². The number of hydrogen-bond donors (Lipinski definition) is 0. The lowest BCUT2D eigenvalue weighted by Crippen LogP contribution is -2.01. The maximum atomic E-state index is 12.9. The van der Waals surface area contributed by atoms with Crippen LogP contribution in [0, 0.1) is 17.0 Å². The first kappa shape index (κ1) is 23.2. The molecule has 36 heavy (non-hydrogen) atoms. The van der Waals surface area contributed by atoms with E-state index in [2.05, 4.69) is 10.1 Å². The third-order valence-electron chi connectivity index (χ3n) is 5.51. The summed E-state index contributed by atoms with van der Waals surface area (Å²) in [5, 5.41) is 21.9. The van der Waals surface area contributed by atoms with E-state index in [0.29, 0.717) is 5.69 Å². The monoisotopic (exact) mass is 496 g/mol. The number of benzene rings is 2. The number of fused-ring (bicyclic) bond motifs is 1. The molecule has 0 saturated heterocycles. The Hall–Kier alpha value is -4.57. The van der Waals surface area contributed by atoms with Crippen molar-refractivity contribution in [2.75, 3.05) is 0 Å². The largest absolute Gasteiger partial charge is 0.318 e. The Kier molecular flexibility index (Phi) is 6.17. The Labute approximate surface area is 210 Å². The zero-order valence-corrected chi connectivity index (χ0v) is 20.2. The molecular formula is C26H20N6O3S. The number of aryl methyl sites for hydroxylation is 2. The van der Waals surface area contributed by atoms with Gasteiger partial charge in [-0.3, -0.25) is 24.6 Å². The molecule has 0 aliphatic carbocycles. The van der Waals surface area contributed by atoms with Crippen molar-refractivity contribution in [1.82, 2.24) is 24.5 Å². The molecule has 0 spiro atoms. The van der Waals surface area contributed by atoms with Crippen LogP contribution in [0.5, 0.6) is 0 Å². The minimum Gasteiger partial charge on any atom is -0.287 e. The maximum absolute atomic E-state index is 12.9. The second-order valence-corrected chi connectivity index (χ2v) is 9.01. The molecule has 9 nitrogen and oxygen atoms in total. The summed E-state index contributed by atoms with van der Waals surface area (Å²) in [5.41, 5.74) is 2.61. The van der Waals surface area contributed by atoms with E-state index in [-0.39, 0.29) is 11.4 Å². The molecule has 178 valence electrons. The van der Waals surface area contributed by atoms with Crippen LogP contribution in [0.1, 0.15) is 21.7 Å². The van der Waals surface area contributed by atoms with Crippen LogP contribution in [0.15, 0.2) is 89.1 Å². The average Bonchev–Trinajstić information content (AvgIpc) is 3.43. The highest BCUT2D eigenvalue weighted by molar-refractivity contribution is 7.99. The van der Waals surface area contributed by atoms with Gasteiger partial charge in [-0.1, -0.05) is 48.2 Å².